The van der Waals surface area contributed by atoms with Crippen LogP contribution in [0.3, 0.4) is 0 Å². The van der Waals surface area contributed by atoms with Gasteiger partial charge in [0.25, 0.3) is 0 Å². The number of ketones is 1. The van der Waals surface area contributed by atoms with E-state index in [2.05, 4.69) is 15.9 Å². The van der Waals surface area contributed by atoms with Gasteiger partial charge in [-0.1, -0.05) is 15.9 Å². The molecule has 1 aromatic rings. The van der Waals surface area contributed by atoms with Gasteiger partial charge in [0.2, 0.25) is 0 Å². The van der Waals surface area contributed by atoms with Crippen molar-refractivity contribution in [2.45, 2.75) is 13.1 Å². The van der Waals surface area contributed by atoms with Crippen LogP contribution in [0.5, 0.6) is 0 Å². The van der Waals surface area contributed by atoms with E-state index >= 15 is 0 Å². The first-order chi connectivity index (χ1) is 7.27. The molecule has 0 saturated carbocycles. The van der Waals surface area contributed by atoms with Gasteiger partial charge in [0.1, 0.15) is 0 Å². The first-order valence-electron chi connectivity index (χ1n) is 4.24. The summed E-state index contributed by atoms with van der Waals surface area (Å²) in [5.41, 5.74) is -0.0188. The van der Waals surface area contributed by atoms with Gasteiger partial charge in [0.05, 0.1) is 10.9 Å². The molecule has 0 aromatic heterocycles. The summed E-state index contributed by atoms with van der Waals surface area (Å²) in [6, 6.07) is 1.99. The summed E-state index contributed by atoms with van der Waals surface area (Å²) in [5.74, 6) is -0.212. The Morgan fingerprint density at radius 2 is 2.00 bits per heavy atom. The Bertz CT molecular complexity index is 406. The van der Waals surface area contributed by atoms with E-state index in [1.54, 1.807) is 22.6 Å². The van der Waals surface area contributed by atoms with E-state index in [9.17, 15) is 18.0 Å². The van der Waals surface area contributed by atoms with Crippen LogP contribution in [0, 0.1) is 10.5 Å². The molecule has 0 unspecified atom stereocenters. The molecule has 0 amide bonds. The molecule has 16 heavy (non-hydrogen) atoms. The van der Waals surface area contributed by atoms with Crippen molar-refractivity contribution in [3.05, 3.63) is 32.4 Å². The molecule has 0 fully saturated rings. The van der Waals surface area contributed by atoms with Crippen LogP contribution >= 0.6 is 38.5 Å². The first kappa shape index (κ1) is 14.0. The maximum Gasteiger partial charge on any atom is 0.416 e. The van der Waals surface area contributed by atoms with Crippen molar-refractivity contribution < 1.29 is 18.0 Å². The number of carbonyl (C=O) groups excluding carboxylic acids is 1. The fourth-order valence-electron chi connectivity index (χ4n) is 1.33. The highest BCUT2D eigenvalue weighted by atomic mass is 127. The van der Waals surface area contributed by atoms with E-state index in [1.165, 1.54) is 6.92 Å². The van der Waals surface area contributed by atoms with E-state index in [4.69, 9.17) is 0 Å². The second-order valence-electron chi connectivity index (χ2n) is 3.20. The molecular weight excluding hydrogens is 400 g/mol. The Labute approximate surface area is 113 Å². The number of aryl methyl sites for hydroxylation is 1. The van der Waals surface area contributed by atoms with Gasteiger partial charge in [-0.25, -0.2) is 0 Å². The molecule has 6 heteroatoms. The van der Waals surface area contributed by atoms with Gasteiger partial charge >= 0.3 is 6.18 Å². The molecule has 1 nitrogen and oxygen atoms in total. The highest BCUT2D eigenvalue weighted by Crippen LogP contribution is 2.32. The van der Waals surface area contributed by atoms with Crippen molar-refractivity contribution in [2.75, 3.05) is 5.33 Å². The third-order valence-corrected chi connectivity index (χ3v) is 3.38. The standard InChI is InChI=1S/C10H7BrF3IO/c1-5-2-6(10(12,13)14)3-7(15)9(5)8(16)4-11/h2-3H,4H2,1H3. The van der Waals surface area contributed by atoms with Crippen LogP contribution in [0.25, 0.3) is 0 Å². The molecule has 1 rings (SSSR count). The predicted octanol–water partition coefficient (Wildman–Crippen LogP) is 4.20. The van der Waals surface area contributed by atoms with E-state index < -0.39 is 11.7 Å². The lowest BCUT2D eigenvalue weighted by molar-refractivity contribution is -0.137. The monoisotopic (exact) mass is 406 g/mol. The van der Waals surface area contributed by atoms with Crippen molar-refractivity contribution in [2.24, 2.45) is 0 Å². The van der Waals surface area contributed by atoms with E-state index in [0.717, 1.165) is 12.1 Å². The Kier molecular flexibility index (Phi) is 4.39. The van der Waals surface area contributed by atoms with Crippen LogP contribution < -0.4 is 0 Å². The summed E-state index contributed by atoms with van der Waals surface area (Å²) < 4.78 is 37.7. The minimum absolute atomic E-state index is 0.106. The Morgan fingerprint density at radius 1 is 1.44 bits per heavy atom. The minimum Gasteiger partial charge on any atom is -0.293 e. The molecule has 0 bridgehead atoms. The maximum absolute atomic E-state index is 12.5. The van der Waals surface area contributed by atoms with Gasteiger partial charge < -0.3 is 0 Å². The molecule has 0 spiro atoms. The summed E-state index contributed by atoms with van der Waals surface area (Å²) in [7, 11) is 0. The zero-order valence-corrected chi connectivity index (χ0v) is 11.9. The maximum atomic E-state index is 12.5. The van der Waals surface area contributed by atoms with Gasteiger partial charge in [-0.05, 0) is 47.2 Å². The Balaban J connectivity index is 3.34. The lowest BCUT2D eigenvalue weighted by atomic mass is 10.0. The lowest BCUT2D eigenvalue weighted by Crippen LogP contribution is -2.11. The van der Waals surface area contributed by atoms with Crippen molar-refractivity contribution in [1.29, 1.82) is 0 Å². The molecule has 88 valence electrons. The predicted molar refractivity (Wildman–Crippen MR) is 67.0 cm³/mol. The normalized spacial score (nSPS) is 11.6. The van der Waals surface area contributed by atoms with E-state index in [1.807, 2.05) is 0 Å². The molecule has 0 aliphatic heterocycles. The number of carbonyl (C=O) groups is 1. The summed E-state index contributed by atoms with van der Waals surface area (Å²) in [5, 5.41) is 0.106. The number of halogens is 5. The Hall–Kier alpha value is -0.110. The molecule has 0 atom stereocenters. The third kappa shape index (κ3) is 2.97. The number of hydrogen-bond acceptors (Lipinski definition) is 1. The molecule has 1 aromatic carbocycles. The number of hydrogen-bond donors (Lipinski definition) is 0. The van der Waals surface area contributed by atoms with E-state index in [0.29, 0.717) is 14.7 Å². The smallest absolute Gasteiger partial charge is 0.293 e. The lowest BCUT2D eigenvalue weighted by Gasteiger charge is -2.12. The molecular formula is C10H7BrF3IO. The summed E-state index contributed by atoms with van der Waals surface area (Å²) in [6.07, 6.45) is -4.37. The second-order valence-corrected chi connectivity index (χ2v) is 4.93. The van der Waals surface area contributed by atoms with Crippen LogP contribution in [0.4, 0.5) is 13.2 Å². The molecule has 0 aliphatic carbocycles. The largest absolute Gasteiger partial charge is 0.416 e. The Morgan fingerprint density at radius 3 is 2.38 bits per heavy atom. The highest BCUT2D eigenvalue weighted by Gasteiger charge is 2.32. The zero-order valence-electron chi connectivity index (χ0n) is 8.16. The quantitative estimate of drug-likeness (QED) is 0.408. The number of Topliss-reactive ketones (excluding diaryl/α,β-unsaturated/α-hetero) is 1. The molecule has 0 N–H and O–H groups in total. The topological polar surface area (TPSA) is 17.1 Å². The van der Waals surface area contributed by atoms with Gasteiger partial charge in [-0.2, -0.15) is 13.2 Å². The molecule has 0 heterocycles. The third-order valence-electron chi connectivity index (χ3n) is 2.01. The zero-order chi connectivity index (χ0) is 12.5. The summed E-state index contributed by atoms with van der Waals surface area (Å²) in [4.78, 5) is 11.5. The first-order valence-corrected chi connectivity index (χ1v) is 6.44. The van der Waals surface area contributed by atoms with Gasteiger partial charge in [0.15, 0.2) is 5.78 Å². The van der Waals surface area contributed by atoms with Crippen molar-refractivity contribution >= 4 is 44.3 Å². The molecule has 0 radical (unpaired) electrons. The van der Waals surface area contributed by atoms with Gasteiger partial charge in [-0.15, -0.1) is 0 Å². The van der Waals surface area contributed by atoms with Crippen molar-refractivity contribution in [1.82, 2.24) is 0 Å². The van der Waals surface area contributed by atoms with Crippen LogP contribution in [-0.2, 0) is 6.18 Å². The fraction of sp³-hybridized carbons (Fsp3) is 0.300. The van der Waals surface area contributed by atoms with Crippen LogP contribution in [0.15, 0.2) is 12.1 Å². The van der Waals surface area contributed by atoms with Crippen LogP contribution in [0.1, 0.15) is 21.5 Å². The van der Waals surface area contributed by atoms with Gasteiger partial charge in [0, 0.05) is 9.13 Å². The average Bonchev–Trinajstić information content (AvgIpc) is 2.14. The number of rotatable bonds is 2. The highest BCUT2D eigenvalue weighted by molar-refractivity contribution is 14.1. The van der Waals surface area contributed by atoms with Crippen LogP contribution in [-0.4, -0.2) is 11.1 Å². The SMILES string of the molecule is Cc1cc(C(F)(F)F)cc(I)c1C(=O)CBr. The summed E-state index contributed by atoms with van der Waals surface area (Å²) in [6.45, 7) is 1.51. The fourth-order valence-corrected chi connectivity index (χ4v) is 2.67. The van der Waals surface area contributed by atoms with E-state index in [-0.39, 0.29) is 11.1 Å². The van der Waals surface area contributed by atoms with Gasteiger partial charge in [-0.3, -0.25) is 4.79 Å². The number of benzene rings is 1. The second kappa shape index (κ2) is 5.03. The molecule has 0 saturated heterocycles. The average molecular weight is 407 g/mol. The van der Waals surface area contributed by atoms with Crippen molar-refractivity contribution in [3.8, 4) is 0 Å². The molecule has 0 aliphatic rings. The minimum atomic E-state index is -4.37. The summed E-state index contributed by atoms with van der Waals surface area (Å²) >= 11 is 4.75. The van der Waals surface area contributed by atoms with Crippen molar-refractivity contribution in [3.63, 3.8) is 0 Å². The van der Waals surface area contributed by atoms with Crippen LogP contribution in [0.2, 0.25) is 0 Å². The number of alkyl halides is 4.